The summed E-state index contributed by atoms with van der Waals surface area (Å²) in [6.45, 7) is 0.702. The van der Waals surface area contributed by atoms with E-state index in [1.807, 2.05) is 0 Å². The Balaban J connectivity index is 0.000000360. The van der Waals surface area contributed by atoms with Crippen molar-refractivity contribution in [2.45, 2.75) is 31.6 Å². The zero-order valence-corrected chi connectivity index (χ0v) is 16.4. The van der Waals surface area contributed by atoms with Crippen LogP contribution in [0.15, 0.2) is 23.2 Å². The first-order valence-electron chi connectivity index (χ1n) is 9.36. The van der Waals surface area contributed by atoms with Crippen molar-refractivity contribution in [3.05, 3.63) is 29.3 Å². The number of nitrogens with zero attached hydrogens (tertiary/aromatic N) is 3. The predicted molar refractivity (Wildman–Crippen MR) is 102 cm³/mol. The highest BCUT2D eigenvalue weighted by Gasteiger charge is 2.41. The largest absolute Gasteiger partial charge is 0.490 e. The average Bonchev–Trinajstić information content (AvgIpc) is 3.05. The number of carbonyl (C=O) groups is 5. The molecule has 1 unspecified atom stereocenters. The summed E-state index contributed by atoms with van der Waals surface area (Å²) >= 11 is 0. The maximum atomic E-state index is 12.8. The molecule has 3 heterocycles. The molecule has 13 heteroatoms. The number of carboxylic acids is 1. The van der Waals surface area contributed by atoms with Gasteiger partial charge < -0.3 is 14.9 Å². The molecule has 4 rings (SSSR count). The predicted octanol–water partition coefficient (Wildman–Crippen LogP) is 0.498. The lowest BCUT2D eigenvalue weighted by Gasteiger charge is -2.29. The molecule has 32 heavy (non-hydrogen) atoms. The van der Waals surface area contributed by atoms with Gasteiger partial charge in [-0.1, -0.05) is 6.07 Å². The van der Waals surface area contributed by atoms with Crippen LogP contribution in [0.5, 0.6) is 0 Å². The van der Waals surface area contributed by atoms with Crippen molar-refractivity contribution in [2.75, 3.05) is 18.0 Å². The zero-order valence-electron chi connectivity index (χ0n) is 16.4. The number of fused-ring (bicyclic) bond motifs is 1. The molecular formula is C19H17F3N4O6. The first kappa shape index (κ1) is 22.9. The fraction of sp³-hybridized carbons (Fsp3) is 0.368. The molecule has 0 saturated carbocycles. The number of carboxylic acid groups (broad SMARTS) is 1. The van der Waals surface area contributed by atoms with E-state index in [4.69, 9.17) is 9.90 Å². The first-order valence-corrected chi connectivity index (χ1v) is 9.36. The van der Waals surface area contributed by atoms with Gasteiger partial charge in [-0.3, -0.25) is 29.5 Å². The lowest BCUT2D eigenvalue weighted by molar-refractivity contribution is -0.192. The first-order chi connectivity index (χ1) is 15.0. The van der Waals surface area contributed by atoms with E-state index in [0.717, 1.165) is 5.56 Å². The van der Waals surface area contributed by atoms with Crippen molar-refractivity contribution in [2.24, 2.45) is 4.99 Å². The smallest absolute Gasteiger partial charge is 0.475 e. The van der Waals surface area contributed by atoms with E-state index in [2.05, 4.69) is 10.3 Å². The molecule has 1 saturated heterocycles. The quantitative estimate of drug-likeness (QED) is 0.625. The molecule has 0 spiro atoms. The number of hydrogen-bond acceptors (Lipinski definition) is 6. The van der Waals surface area contributed by atoms with Crippen LogP contribution in [0.25, 0.3) is 0 Å². The number of halogens is 3. The lowest BCUT2D eigenvalue weighted by Crippen LogP contribution is -2.52. The molecule has 1 atom stereocenters. The number of aliphatic imine (C=N–C) groups is 1. The monoisotopic (exact) mass is 454 g/mol. The zero-order chi connectivity index (χ0) is 23.6. The number of nitrogens with one attached hydrogen (secondary N) is 1. The number of aliphatic carboxylic acids is 1. The van der Waals surface area contributed by atoms with Crippen molar-refractivity contribution in [1.29, 1.82) is 0 Å². The Morgan fingerprint density at radius 1 is 1.19 bits per heavy atom. The Morgan fingerprint density at radius 3 is 2.47 bits per heavy atom. The van der Waals surface area contributed by atoms with Crippen LogP contribution >= 0.6 is 0 Å². The van der Waals surface area contributed by atoms with Gasteiger partial charge >= 0.3 is 12.1 Å². The molecule has 1 aromatic rings. The maximum Gasteiger partial charge on any atom is 0.490 e. The number of benzene rings is 1. The second-order valence-electron chi connectivity index (χ2n) is 7.03. The van der Waals surface area contributed by atoms with Gasteiger partial charge in [0.15, 0.2) is 0 Å². The van der Waals surface area contributed by atoms with Crippen molar-refractivity contribution in [3.63, 3.8) is 0 Å². The minimum absolute atomic E-state index is 0.0917. The topological polar surface area (TPSA) is 136 Å². The molecule has 170 valence electrons. The van der Waals surface area contributed by atoms with Crippen molar-refractivity contribution in [3.8, 4) is 0 Å². The van der Waals surface area contributed by atoms with Crippen LogP contribution in [0, 0.1) is 0 Å². The number of piperidine rings is 1. The molecule has 1 aromatic carbocycles. The normalized spacial score (nSPS) is 20.5. The molecule has 1 fully saturated rings. The Hall–Kier alpha value is -3.77. The van der Waals surface area contributed by atoms with Crippen LogP contribution in [0.3, 0.4) is 0 Å². The molecule has 3 aliphatic heterocycles. The number of amides is 4. The Morgan fingerprint density at radius 2 is 1.88 bits per heavy atom. The Kier molecular flexibility index (Phi) is 6.27. The molecule has 0 bridgehead atoms. The molecule has 10 nitrogen and oxygen atoms in total. The fourth-order valence-corrected chi connectivity index (χ4v) is 3.52. The van der Waals surface area contributed by atoms with Gasteiger partial charge in [-0.05, 0) is 18.6 Å². The molecule has 2 N–H and O–H groups in total. The van der Waals surface area contributed by atoms with Gasteiger partial charge in [0.1, 0.15) is 12.6 Å². The van der Waals surface area contributed by atoms with E-state index in [0.29, 0.717) is 24.2 Å². The van der Waals surface area contributed by atoms with E-state index >= 15 is 0 Å². The average molecular weight is 454 g/mol. The van der Waals surface area contributed by atoms with Gasteiger partial charge in [0.2, 0.25) is 17.7 Å². The van der Waals surface area contributed by atoms with E-state index in [1.54, 1.807) is 29.3 Å². The molecule has 0 aliphatic carbocycles. The summed E-state index contributed by atoms with van der Waals surface area (Å²) in [5.74, 6) is -3.88. The number of alkyl halides is 3. The van der Waals surface area contributed by atoms with Gasteiger partial charge in [-0.25, -0.2) is 4.79 Å². The lowest BCUT2D eigenvalue weighted by atomic mass is 10.0. The van der Waals surface area contributed by atoms with Crippen LogP contribution in [0.2, 0.25) is 0 Å². The molecular weight excluding hydrogens is 437 g/mol. The number of hydrogen-bond donors (Lipinski definition) is 2. The Labute approximate surface area is 178 Å². The van der Waals surface area contributed by atoms with Crippen LogP contribution in [-0.4, -0.2) is 71.1 Å². The summed E-state index contributed by atoms with van der Waals surface area (Å²) in [7, 11) is 0. The molecule has 4 amide bonds. The SMILES string of the molecule is O=C(O)C(F)(F)F.O=C1CCC(N2Cc3c(cccc3N3CC=NCC3=O)C2=O)C(=O)N1. The van der Waals surface area contributed by atoms with Gasteiger partial charge in [0.25, 0.3) is 5.91 Å². The summed E-state index contributed by atoms with van der Waals surface area (Å²) in [6, 6.07) is 4.58. The Bertz CT molecular complexity index is 1020. The van der Waals surface area contributed by atoms with Gasteiger partial charge in [-0.15, -0.1) is 0 Å². The highest BCUT2D eigenvalue weighted by molar-refractivity contribution is 6.08. The van der Waals surface area contributed by atoms with Crippen molar-refractivity contribution in [1.82, 2.24) is 10.2 Å². The van der Waals surface area contributed by atoms with Crippen LogP contribution < -0.4 is 10.2 Å². The summed E-state index contributed by atoms with van der Waals surface area (Å²) in [5.41, 5.74) is 1.91. The third-order valence-corrected chi connectivity index (χ3v) is 5.01. The van der Waals surface area contributed by atoms with Gasteiger partial charge in [0, 0.05) is 36.0 Å². The van der Waals surface area contributed by atoms with E-state index < -0.39 is 24.1 Å². The fourth-order valence-electron chi connectivity index (χ4n) is 3.52. The summed E-state index contributed by atoms with van der Waals surface area (Å²) < 4.78 is 31.7. The van der Waals surface area contributed by atoms with E-state index in [9.17, 15) is 32.3 Å². The van der Waals surface area contributed by atoms with Gasteiger partial charge in [-0.2, -0.15) is 13.2 Å². The van der Waals surface area contributed by atoms with Crippen LogP contribution in [0.4, 0.5) is 18.9 Å². The number of imide groups is 1. The number of anilines is 1. The second kappa shape index (κ2) is 8.77. The highest BCUT2D eigenvalue weighted by atomic mass is 19.4. The standard InChI is InChI=1S/C17H16N4O4.C2HF3O2/c22-14-5-4-13(16(24)19-14)21-9-11-10(17(21)25)2-1-3-12(11)20-7-6-18-8-15(20)23;3-2(4,5)1(6)7/h1-3,6,13H,4-5,7-9H2,(H,19,22,24);(H,6,7). The van der Waals surface area contributed by atoms with Crippen molar-refractivity contribution >= 4 is 41.5 Å². The maximum absolute atomic E-state index is 12.8. The van der Waals surface area contributed by atoms with E-state index in [1.165, 1.54) is 4.90 Å². The van der Waals surface area contributed by atoms with Crippen LogP contribution in [0.1, 0.15) is 28.8 Å². The number of carbonyl (C=O) groups excluding carboxylic acids is 4. The summed E-state index contributed by atoms with van der Waals surface area (Å²) in [4.78, 5) is 64.3. The minimum atomic E-state index is -5.08. The van der Waals surface area contributed by atoms with E-state index in [-0.39, 0.29) is 37.2 Å². The summed E-state index contributed by atoms with van der Waals surface area (Å²) in [5, 5.41) is 9.41. The highest BCUT2D eigenvalue weighted by Crippen LogP contribution is 2.34. The molecule has 3 aliphatic rings. The van der Waals surface area contributed by atoms with Crippen LogP contribution in [-0.2, 0) is 25.7 Å². The number of rotatable bonds is 2. The van der Waals surface area contributed by atoms with Crippen molar-refractivity contribution < 1.29 is 42.3 Å². The third-order valence-electron chi connectivity index (χ3n) is 5.01. The molecule has 0 radical (unpaired) electrons. The summed E-state index contributed by atoms with van der Waals surface area (Å²) in [6.07, 6.45) is -2.88. The van der Waals surface area contributed by atoms with Gasteiger partial charge in [0.05, 0.1) is 6.54 Å². The second-order valence-corrected chi connectivity index (χ2v) is 7.03. The minimum Gasteiger partial charge on any atom is -0.475 e. The third kappa shape index (κ3) is 4.60. The molecule has 0 aromatic heterocycles.